The van der Waals surface area contributed by atoms with Crippen molar-refractivity contribution in [2.24, 2.45) is 0 Å². The molecule has 2 fully saturated rings. The van der Waals surface area contributed by atoms with Crippen LogP contribution in [-0.2, 0) is 24.3 Å². The van der Waals surface area contributed by atoms with Crippen LogP contribution in [0.1, 0.15) is 18.9 Å². The van der Waals surface area contributed by atoms with Crippen LogP contribution in [0.3, 0.4) is 0 Å². The number of carbonyl (C=O) groups is 2. The van der Waals surface area contributed by atoms with Gasteiger partial charge in [-0.15, -0.1) is 0 Å². The van der Waals surface area contributed by atoms with Crippen LogP contribution in [0.2, 0.25) is 5.02 Å². The Bertz CT molecular complexity index is 882. The van der Waals surface area contributed by atoms with Crippen molar-refractivity contribution in [3.8, 4) is 0 Å². The molecule has 8 nitrogen and oxygen atoms in total. The highest BCUT2D eigenvalue weighted by molar-refractivity contribution is 7.92. The Morgan fingerprint density at radius 2 is 1.90 bits per heavy atom. The number of sulfonamides is 1. The maximum absolute atomic E-state index is 12.7. The molecule has 0 aliphatic carbocycles. The molecule has 0 radical (unpaired) electrons. The number of ether oxygens (including phenoxy) is 1. The molecule has 0 unspecified atom stereocenters. The van der Waals surface area contributed by atoms with E-state index in [0.29, 0.717) is 49.9 Å². The van der Waals surface area contributed by atoms with Gasteiger partial charge in [0.05, 0.1) is 13.2 Å². The number of halogens is 1. The summed E-state index contributed by atoms with van der Waals surface area (Å²) < 4.78 is 32.4. The second-order valence-electron chi connectivity index (χ2n) is 7.00. The van der Waals surface area contributed by atoms with Crippen molar-refractivity contribution in [3.05, 3.63) is 40.3 Å². The lowest BCUT2D eigenvalue weighted by Crippen LogP contribution is -2.52. The molecule has 1 aromatic rings. The molecule has 0 spiro atoms. The summed E-state index contributed by atoms with van der Waals surface area (Å²) in [5, 5.41) is 1.58. The zero-order chi connectivity index (χ0) is 21.0. The molecule has 2 saturated heterocycles. The van der Waals surface area contributed by atoms with E-state index in [1.807, 2.05) is 0 Å². The minimum atomic E-state index is -3.82. The summed E-state index contributed by atoms with van der Waals surface area (Å²) in [6, 6.07) is 5.18. The number of benzene rings is 1. The van der Waals surface area contributed by atoms with Crippen molar-refractivity contribution < 1.29 is 22.7 Å². The maximum Gasteiger partial charge on any atom is 0.245 e. The average Bonchev–Trinajstić information content (AvgIpc) is 3.06. The van der Waals surface area contributed by atoms with Gasteiger partial charge in [0.2, 0.25) is 21.8 Å². The van der Waals surface area contributed by atoms with Crippen LogP contribution < -0.4 is 4.72 Å². The Hall–Kier alpha value is -1.94. The van der Waals surface area contributed by atoms with E-state index in [9.17, 15) is 18.0 Å². The molecule has 1 N–H and O–H groups in total. The number of carbonyl (C=O) groups excluding carboxylic acids is 2. The number of nitrogens with one attached hydrogen (secondary N) is 1. The molecule has 29 heavy (non-hydrogen) atoms. The molecule has 0 aromatic heterocycles. The molecule has 2 aliphatic rings. The smallest absolute Gasteiger partial charge is 0.245 e. The van der Waals surface area contributed by atoms with E-state index in [2.05, 4.69) is 4.72 Å². The minimum absolute atomic E-state index is 0.146. The molecule has 0 saturated carbocycles. The van der Waals surface area contributed by atoms with Crippen LogP contribution in [0.15, 0.2) is 29.7 Å². The predicted octanol–water partition coefficient (Wildman–Crippen LogP) is 1.08. The molecule has 1 aromatic carbocycles. The van der Waals surface area contributed by atoms with Gasteiger partial charge in [-0.05, 0) is 37.1 Å². The second-order valence-corrected chi connectivity index (χ2v) is 9.04. The standard InChI is InChI=1S/C19H24ClN3O5S/c1-14(18(24)22-9-11-28-12-10-22)23-8-6-17(19(23)25)21-29(26,27)13-7-15-2-4-16(20)5-3-15/h2-5,7,13-14,17,21H,6,8-12H2,1H3/b13-7+/t14-,17-/m0/s1. The fourth-order valence-corrected chi connectivity index (χ4v) is 4.51. The van der Waals surface area contributed by atoms with Crippen LogP contribution >= 0.6 is 11.6 Å². The second kappa shape index (κ2) is 9.25. The van der Waals surface area contributed by atoms with Crippen molar-refractivity contribution in [3.63, 3.8) is 0 Å². The third-order valence-corrected chi connectivity index (χ3v) is 6.36. The summed E-state index contributed by atoms with van der Waals surface area (Å²) in [7, 11) is -3.82. The monoisotopic (exact) mass is 441 g/mol. The molecular formula is C19H24ClN3O5S. The summed E-state index contributed by atoms with van der Waals surface area (Å²) in [4.78, 5) is 28.4. The average molecular weight is 442 g/mol. The summed E-state index contributed by atoms with van der Waals surface area (Å²) >= 11 is 5.81. The third kappa shape index (κ3) is 5.57. The molecule has 2 aliphatic heterocycles. The number of nitrogens with zero attached hydrogens (tertiary/aromatic N) is 2. The Balaban J connectivity index is 1.60. The zero-order valence-corrected chi connectivity index (χ0v) is 17.7. The van der Waals surface area contributed by atoms with E-state index >= 15 is 0 Å². The van der Waals surface area contributed by atoms with Crippen LogP contribution in [0.4, 0.5) is 0 Å². The SMILES string of the molecule is C[C@@H](C(=O)N1CCOCC1)N1CC[C@H](NS(=O)(=O)/C=C/c2ccc(Cl)cc2)C1=O. The highest BCUT2D eigenvalue weighted by Gasteiger charge is 2.39. The summed E-state index contributed by atoms with van der Waals surface area (Å²) in [6.07, 6.45) is 1.74. The number of amides is 2. The van der Waals surface area contributed by atoms with E-state index in [4.69, 9.17) is 16.3 Å². The molecule has 3 rings (SSSR count). The topological polar surface area (TPSA) is 96.0 Å². The lowest BCUT2D eigenvalue weighted by Gasteiger charge is -2.32. The van der Waals surface area contributed by atoms with Gasteiger partial charge in [-0.2, -0.15) is 4.72 Å². The van der Waals surface area contributed by atoms with Crippen molar-refractivity contribution in [2.75, 3.05) is 32.8 Å². The molecule has 2 amide bonds. The van der Waals surface area contributed by atoms with Gasteiger partial charge in [0.25, 0.3) is 0 Å². The molecule has 158 valence electrons. The van der Waals surface area contributed by atoms with Crippen LogP contribution in [0.5, 0.6) is 0 Å². The summed E-state index contributed by atoms with van der Waals surface area (Å²) in [5.74, 6) is -0.532. The molecular weight excluding hydrogens is 418 g/mol. The van der Waals surface area contributed by atoms with Gasteiger partial charge in [-0.3, -0.25) is 9.59 Å². The Morgan fingerprint density at radius 3 is 2.55 bits per heavy atom. The van der Waals surface area contributed by atoms with Crippen molar-refractivity contribution in [1.82, 2.24) is 14.5 Å². The van der Waals surface area contributed by atoms with Gasteiger partial charge in [-0.1, -0.05) is 23.7 Å². The van der Waals surface area contributed by atoms with Crippen molar-refractivity contribution in [2.45, 2.75) is 25.4 Å². The first-order valence-electron chi connectivity index (χ1n) is 9.40. The van der Waals surface area contributed by atoms with E-state index in [-0.39, 0.29) is 11.8 Å². The van der Waals surface area contributed by atoms with Crippen LogP contribution in [-0.4, -0.2) is 75.0 Å². The van der Waals surface area contributed by atoms with E-state index in [1.165, 1.54) is 11.0 Å². The Kier molecular flexibility index (Phi) is 6.94. The van der Waals surface area contributed by atoms with Crippen molar-refractivity contribution >= 4 is 39.5 Å². The normalized spacial score (nSPS) is 21.7. The number of rotatable bonds is 6. The highest BCUT2D eigenvalue weighted by Crippen LogP contribution is 2.18. The Morgan fingerprint density at radius 1 is 1.24 bits per heavy atom. The minimum Gasteiger partial charge on any atom is -0.378 e. The van der Waals surface area contributed by atoms with E-state index in [1.54, 1.807) is 36.1 Å². The summed E-state index contributed by atoms with van der Waals surface area (Å²) in [6.45, 7) is 3.95. The molecule has 2 atom stereocenters. The van der Waals surface area contributed by atoms with Gasteiger partial charge in [-0.25, -0.2) is 8.42 Å². The quantitative estimate of drug-likeness (QED) is 0.712. The molecule has 0 bridgehead atoms. The first-order valence-corrected chi connectivity index (χ1v) is 11.3. The molecule has 10 heteroatoms. The van der Waals surface area contributed by atoms with Crippen LogP contribution in [0.25, 0.3) is 6.08 Å². The number of morpholine rings is 1. The predicted molar refractivity (Wildman–Crippen MR) is 110 cm³/mol. The lowest BCUT2D eigenvalue weighted by atomic mass is 10.2. The first-order chi connectivity index (χ1) is 13.8. The van der Waals surface area contributed by atoms with Gasteiger partial charge < -0.3 is 14.5 Å². The molecule has 2 heterocycles. The van der Waals surface area contributed by atoms with Gasteiger partial charge in [0.15, 0.2) is 0 Å². The largest absolute Gasteiger partial charge is 0.378 e. The fourth-order valence-electron chi connectivity index (χ4n) is 3.36. The highest BCUT2D eigenvalue weighted by atomic mass is 35.5. The summed E-state index contributed by atoms with van der Waals surface area (Å²) in [5.41, 5.74) is 0.670. The number of hydrogen-bond acceptors (Lipinski definition) is 5. The fraction of sp³-hybridized carbons (Fsp3) is 0.474. The third-order valence-electron chi connectivity index (χ3n) is 5.00. The van der Waals surface area contributed by atoms with E-state index in [0.717, 1.165) is 5.41 Å². The van der Waals surface area contributed by atoms with Gasteiger partial charge in [0, 0.05) is 30.1 Å². The maximum atomic E-state index is 12.7. The van der Waals surface area contributed by atoms with Crippen LogP contribution in [0, 0.1) is 0 Å². The zero-order valence-electron chi connectivity index (χ0n) is 16.1. The van der Waals surface area contributed by atoms with E-state index < -0.39 is 22.1 Å². The Labute approximate surface area is 175 Å². The lowest BCUT2D eigenvalue weighted by molar-refractivity contribution is -0.146. The number of likely N-dealkylation sites (tertiary alicyclic amines) is 1. The first kappa shape index (κ1) is 21.8. The van der Waals surface area contributed by atoms with Gasteiger partial charge in [0.1, 0.15) is 12.1 Å². The van der Waals surface area contributed by atoms with Crippen molar-refractivity contribution in [1.29, 1.82) is 0 Å². The number of hydrogen-bond donors (Lipinski definition) is 1. The van der Waals surface area contributed by atoms with Gasteiger partial charge >= 0.3 is 0 Å².